The van der Waals surface area contributed by atoms with E-state index in [0.717, 1.165) is 0 Å². The van der Waals surface area contributed by atoms with E-state index in [4.69, 9.17) is 4.74 Å². The molecule has 0 heterocycles. The second-order valence-corrected chi connectivity index (χ2v) is 5.35. The monoisotopic (exact) mass is 266 g/mol. The topological polar surface area (TPSA) is 86.7 Å². The molecule has 1 aliphatic rings. The normalized spacial score (nSPS) is 22.8. The smallest absolute Gasteiger partial charge is 0.745 e. The van der Waals surface area contributed by atoms with Gasteiger partial charge >= 0.3 is 29.6 Å². The van der Waals surface area contributed by atoms with Gasteiger partial charge in [-0.2, -0.15) is 0 Å². The number of rotatable bonds is 2. The predicted molar refractivity (Wildman–Crippen MR) is 54.9 cm³/mol. The Morgan fingerprint density at radius 1 is 1.47 bits per heavy atom. The van der Waals surface area contributed by atoms with Crippen LogP contribution < -0.4 is 34.3 Å². The van der Waals surface area contributed by atoms with Gasteiger partial charge in [0.1, 0.15) is 15.9 Å². The zero-order valence-electron chi connectivity index (χ0n) is 9.63. The molecule has 0 radical (unpaired) electrons. The molecule has 1 aromatic carbocycles. The number of fused-ring (bicyclic) bond motifs is 1. The van der Waals surface area contributed by atoms with E-state index >= 15 is 0 Å². The summed E-state index contributed by atoms with van der Waals surface area (Å²) in [6, 6.07) is 4.73. The zero-order chi connectivity index (χ0) is 12.0. The van der Waals surface area contributed by atoms with Crippen molar-refractivity contribution in [2.75, 3.05) is 7.11 Å². The first-order valence-electron chi connectivity index (χ1n) is 4.74. The van der Waals surface area contributed by atoms with Crippen molar-refractivity contribution >= 4 is 10.1 Å². The third kappa shape index (κ3) is 2.38. The number of methoxy groups -OCH3 is 1. The van der Waals surface area contributed by atoms with Crippen molar-refractivity contribution in [2.24, 2.45) is 0 Å². The Bertz CT molecular complexity index is 527. The van der Waals surface area contributed by atoms with Crippen LogP contribution in [0.15, 0.2) is 18.2 Å². The van der Waals surface area contributed by atoms with Gasteiger partial charge in [0.2, 0.25) is 0 Å². The molecule has 0 saturated heterocycles. The maximum atomic E-state index is 11.1. The van der Waals surface area contributed by atoms with Crippen LogP contribution in [0.3, 0.4) is 0 Å². The molecule has 5 nitrogen and oxygen atoms in total. The van der Waals surface area contributed by atoms with Crippen LogP contribution in [0, 0.1) is 0 Å². The number of hydrogen-bond donors (Lipinski definition) is 1. The fourth-order valence-corrected chi connectivity index (χ4v) is 2.77. The van der Waals surface area contributed by atoms with Crippen molar-refractivity contribution in [1.82, 2.24) is 0 Å². The minimum atomic E-state index is -4.79. The molecule has 1 unspecified atom stereocenters. The van der Waals surface area contributed by atoms with E-state index < -0.39 is 15.1 Å². The molecule has 0 aliphatic heterocycles. The van der Waals surface area contributed by atoms with E-state index in [1.165, 1.54) is 13.2 Å². The number of aryl methyl sites for hydroxylation is 1. The van der Waals surface area contributed by atoms with E-state index in [1.807, 2.05) is 0 Å². The minimum Gasteiger partial charge on any atom is -0.745 e. The molecule has 0 fully saturated rings. The average molecular weight is 266 g/mol. The van der Waals surface area contributed by atoms with Gasteiger partial charge in [-0.1, -0.05) is 6.07 Å². The van der Waals surface area contributed by atoms with Crippen LogP contribution in [0.25, 0.3) is 0 Å². The molecule has 1 aliphatic carbocycles. The standard InChI is InChI=1S/C10H12O5S.Na/c1-15-8-3-2-7-4-5-10(11,9(7)6-8)16(12,13)14;/h2-3,6,11H,4-5H2,1H3,(H,12,13,14);/q;+1/p-1. The largest absolute Gasteiger partial charge is 1.00 e. The first kappa shape index (κ1) is 14.9. The number of benzene rings is 1. The number of aliphatic hydroxyl groups is 1. The Hall–Kier alpha value is -0.110. The molecule has 2 rings (SSSR count). The molecular formula is C10H11NaO5S. The zero-order valence-corrected chi connectivity index (χ0v) is 12.5. The quantitative estimate of drug-likeness (QED) is 0.466. The molecule has 17 heavy (non-hydrogen) atoms. The maximum absolute atomic E-state index is 11.1. The Labute approximate surface area is 122 Å². The Morgan fingerprint density at radius 3 is 2.65 bits per heavy atom. The fraction of sp³-hybridized carbons (Fsp3) is 0.400. The van der Waals surface area contributed by atoms with Crippen molar-refractivity contribution in [3.8, 4) is 5.75 Å². The summed E-state index contributed by atoms with van der Waals surface area (Å²) in [5.74, 6) is 0.419. The van der Waals surface area contributed by atoms with E-state index in [9.17, 15) is 18.1 Å². The summed E-state index contributed by atoms with van der Waals surface area (Å²) in [6.45, 7) is 0. The first-order valence-corrected chi connectivity index (χ1v) is 6.14. The summed E-state index contributed by atoms with van der Waals surface area (Å²) in [4.78, 5) is -2.31. The molecule has 1 N–H and O–H groups in total. The van der Waals surface area contributed by atoms with Crippen LogP contribution >= 0.6 is 0 Å². The summed E-state index contributed by atoms with van der Waals surface area (Å²) in [5.41, 5.74) is 0.810. The fourth-order valence-electron chi connectivity index (χ4n) is 1.96. The van der Waals surface area contributed by atoms with Crippen LogP contribution in [0.2, 0.25) is 0 Å². The molecule has 1 atom stereocenters. The van der Waals surface area contributed by atoms with Gasteiger partial charge in [0.15, 0.2) is 4.93 Å². The van der Waals surface area contributed by atoms with Crippen LogP contribution in [0.4, 0.5) is 0 Å². The summed E-state index contributed by atoms with van der Waals surface area (Å²) in [6.07, 6.45) is 0.276. The van der Waals surface area contributed by atoms with Gasteiger partial charge in [-0.3, -0.25) is 0 Å². The molecular weight excluding hydrogens is 255 g/mol. The maximum Gasteiger partial charge on any atom is 1.00 e. The van der Waals surface area contributed by atoms with Crippen LogP contribution in [0.1, 0.15) is 17.5 Å². The van der Waals surface area contributed by atoms with Gasteiger partial charge in [0.05, 0.1) is 7.11 Å². The van der Waals surface area contributed by atoms with Crippen molar-refractivity contribution in [2.45, 2.75) is 17.8 Å². The molecule has 88 valence electrons. The van der Waals surface area contributed by atoms with E-state index in [1.54, 1.807) is 12.1 Å². The molecule has 0 amide bonds. The summed E-state index contributed by atoms with van der Waals surface area (Å²) in [7, 11) is -3.36. The number of hydrogen-bond acceptors (Lipinski definition) is 5. The summed E-state index contributed by atoms with van der Waals surface area (Å²) < 4.78 is 38.2. The van der Waals surface area contributed by atoms with Crippen molar-refractivity contribution in [3.63, 3.8) is 0 Å². The second-order valence-electron chi connectivity index (χ2n) is 3.76. The van der Waals surface area contributed by atoms with Crippen LogP contribution in [-0.4, -0.2) is 25.2 Å². The van der Waals surface area contributed by atoms with E-state index in [2.05, 4.69) is 0 Å². The molecule has 0 saturated carbocycles. The van der Waals surface area contributed by atoms with Gasteiger partial charge in [-0.05, 0) is 30.5 Å². The molecule has 0 bridgehead atoms. The second kappa shape index (κ2) is 4.87. The molecule has 0 aromatic heterocycles. The summed E-state index contributed by atoms with van der Waals surface area (Å²) >= 11 is 0. The Kier molecular flexibility index (Phi) is 4.28. The third-order valence-electron chi connectivity index (χ3n) is 2.88. The predicted octanol–water partition coefficient (Wildman–Crippen LogP) is -2.66. The van der Waals surface area contributed by atoms with Gasteiger partial charge < -0.3 is 14.4 Å². The van der Waals surface area contributed by atoms with Crippen molar-refractivity contribution < 1.29 is 52.4 Å². The van der Waals surface area contributed by atoms with Gasteiger partial charge in [0.25, 0.3) is 0 Å². The van der Waals surface area contributed by atoms with Crippen LogP contribution in [-0.2, 0) is 21.5 Å². The van der Waals surface area contributed by atoms with Gasteiger partial charge in [0, 0.05) is 5.56 Å². The Morgan fingerprint density at radius 2 is 2.12 bits per heavy atom. The number of ether oxygens (including phenoxy) is 1. The molecule has 0 spiro atoms. The van der Waals surface area contributed by atoms with Crippen molar-refractivity contribution in [3.05, 3.63) is 29.3 Å². The average Bonchev–Trinajstić information content (AvgIpc) is 2.56. The SMILES string of the molecule is COc1ccc2c(c1)C(O)(S(=O)(=O)[O-])CC2.[Na+]. The summed E-state index contributed by atoms with van der Waals surface area (Å²) in [5, 5.41) is 9.94. The first-order chi connectivity index (χ1) is 7.38. The van der Waals surface area contributed by atoms with E-state index in [0.29, 0.717) is 17.7 Å². The third-order valence-corrected chi connectivity index (χ3v) is 4.14. The minimum absolute atomic E-state index is 0. The van der Waals surface area contributed by atoms with Crippen LogP contribution in [0.5, 0.6) is 5.75 Å². The molecule has 1 aromatic rings. The van der Waals surface area contributed by atoms with Gasteiger partial charge in [-0.15, -0.1) is 0 Å². The Balaban J connectivity index is 0.00000144. The van der Waals surface area contributed by atoms with Crippen molar-refractivity contribution in [1.29, 1.82) is 0 Å². The molecule has 7 heteroatoms. The van der Waals surface area contributed by atoms with Gasteiger partial charge in [-0.25, -0.2) is 8.42 Å². The van der Waals surface area contributed by atoms with E-state index in [-0.39, 0.29) is 41.5 Å².